The third kappa shape index (κ3) is 22.4. The van der Waals surface area contributed by atoms with Gasteiger partial charge in [-0.1, -0.05) is 60.1 Å². The number of aliphatic carboxylic acids is 3. The smallest absolute Gasteiger partial charge is 0.326 e. The summed E-state index contributed by atoms with van der Waals surface area (Å²) in [4.78, 5) is 130. The largest absolute Gasteiger partial charge is 0.508 e. The van der Waals surface area contributed by atoms with E-state index in [-0.39, 0.29) is 49.7 Å². The molecule has 7 amide bonds. The Hall–Kier alpha value is -6.36. The maximum atomic E-state index is 14.0. The summed E-state index contributed by atoms with van der Waals surface area (Å²) in [5.74, 6) is -11.1. The Morgan fingerprint density at radius 2 is 1.04 bits per heavy atom. The van der Waals surface area contributed by atoms with Gasteiger partial charge in [0, 0.05) is 12.8 Å². The summed E-state index contributed by atoms with van der Waals surface area (Å²) < 4.78 is 0. The fourth-order valence-corrected chi connectivity index (χ4v) is 6.74. The van der Waals surface area contributed by atoms with Gasteiger partial charge in [-0.2, -0.15) is 0 Å². The molecule has 0 aliphatic heterocycles. The maximum absolute atomic E-state index is 14.0. The van der Waals surface area contributed by atoms with E-state index in [9.17, 15) is 63.3 Å². The lowest BCUT2D eigenvalue weighted by atomic mass is 9.96. The van der Waals surface area contributed by atoms with Crippen molar-refractivity contribution in [2.24, 2.45) is 29.2 Å². The maximum Gasteiger partial charge on any atom is 0.326 e. The number of aromatic hydroxyl groups is 1. The zero-order valence-corrected chi connectivity index (χ0v) is 40.0. The summed E-state index contributed by atoms with van der Waals surface area (Å²) in [6.45, 7) is 12.1. The fraction of sp³-hybridized carbons (Fsp3) is 0.644. The van der Waals surface area contributed by atoms with Crippen molar-refractivity contribution < 1.29 is 68.4 Å². The zero-order chi connectivity index (χ0) is 51.8. The van der Waals surface area contributed by atoms with Crippen molar-refractivity contribution in [1.29, 1.82) is 0 Å². The Bertz CT molecular complexity index is 1880. The number of carbonyl (C=O) groups excluding carboxylic acids is 7. The van der Waals surface area contributed by atoms with Gasteiger partial charge in [0.25, 0.3) is 0 Å². The second-order valence-corrected chi connectivity index (χ2v) is 17.8. The number of hydrogen-bond acceptors (Lipinski definition) is 13. The van der Waals surface area contributed by atoms with Crippen molar-refractivity contribution in [1.82, 2.24) is 37.2 Å². The molecule has 0 radical (unpaired) electrons. The third-order valence-corrected chi connectivity index (χ3v) is 10.8. The number of rotatable bonds is 32. The first-order valence-corrected chi connectivity index (χ1v) is 22.8. The first-order valence-electron chi connectivity index (χ1n) is 22.8. The SMILES string of the molecule is CC[C@H](C)[C@H](NC(=O)[C@H](CC(C)C)NC(=O)[C@H](CC(=O)O)NC(=O)[C@@H](N)CCC(=O)O)C(=O)N[C@@H](C)C(=O)N[C@@H](Cc1ccc(O)cc1)C(=O)N[C@@H](CC(C)C)C(=O)N[C@@H](CCCCN)C(=O)O. The molecule has 0 fully saturated rings. The minimum Gasteiger partial charge on any atom is -0.508 e. The lowest BCUT2D eigenvalue weighted by Gasteiger charge is -2.29. The molecule has 0 aliphatic rings. The van der Waals surface area contributed by atoms with Crippen LogP contribution in [0, 0.1) is 17.8 Å². The van der Waals surface area contributed by atoms with Crippen LogP contribution in [0.5, 0.6) is 5.75 Å². The lowest BCUT2D eigenvalue weighted by molar-refractivity contribution is -0.143. The van der Waals surface area contributed by atoms with E-state index in [4.69, 9.17) is 16.6 Å². The Kier molecular flexibility index (Phi) is 26.4. The van der Waals surface area contributed by atoms with Crippen LogP contribution in [0.4, 0.5) is 0 Å². The molecule has 0 heterocycles. The highest BCUT2D eigenvalue weighted by Crippen LogP contribution is 2.15. The number of carboxylic acid groups (broad SMARTS) is 3. The number of nitrogens with two attached hydrogens (primary N) is 2. The Labute approximate surface area is 396 Å². The van der Waals surface area contributed by atoms with Crippen molar-refractivity contribution in [3.63, 3.8) is 0 Å². The van der Waals surface area contributed by atoms with Gasteiger partial charge in [0.2, 0.25) is 41.4 Å². The molecule has 0 aromatic heterocycles. The minimum absolute atomic E-state index is 0.00378. The van der Waals surface area contributed by atoms with Gasteiger partial charge in [-0.05, 0) is 87.4 Å². The monoisotopic (exact) mass is 964 g/mol. The Morgan fingerprint density at radius 1 is 0.559 bits per heavy atom. The predicted octanol–water partition coefficient (Wildman–Crippen LogP) is -0.633. The number of carboxylic acids is 3. The van der Waals surface area contributed by atoms with E-state index in [1.807, 2.05) is 0 Å². The number of phenols is 1. The van der Waals surface area contributed by atoms with Gasteiger partial charge in [-0.25, -0.2) is 4.79 Å². The van der Waals surface area contributed by atoms with E-state index in [0.29, 0.717) is 31.4 Å². The summed E-state index contributed by atoms with van der Waals surface area (Å²) in [6.07, 6.45) is -0.310. The predicted molar refractivity (Wildman–Crippen MR) is 247 cm³/mol. The molecule has 0 aliphatic carbocycles. The van der Waals surface area contributed by atoms with Crippen LogP contribution in [0.3, 0.4) is 0 Å². The summed E-state index contributed by atoms with van der Waals surface area (Å²) in [5.41, 5.74) is 11.8. The van der Waals surface area contributed by atoms with Crippen LogP contribution in [0.25, 0.3) is 0 Å². The topological polar surface area (TPSA) is 388 Å². The van der Waals surface area contributed by atoms with E-state index in [1.165, 1.54) is 31.2 Å². The molecule has 23 nitrogen and oxygen atoms in total. The molecule has 1 aromatic carbocycles. The first kappa shape index (κ1) is 59.7. The van der Waals surface area contributed by atoms with Crippen molar-refractivity contribution >= 4 is 59.3 Å². The van der Waals surface area contributed by atoms with Crippen LogP contribution in [0.15, 0.2) is 24.3 Å². The molecule has 68 heavy (non-hydrogen) atoms. The molecular weight excluding hydrogens is 891 g/mol. The number of amides is 7. The Balaban J connectivity index is 3.36. The summed E-state index contributed by atoms with van der Waals surface area (Å²) >= 11 is 0. The second-order valence-electron chi connectivity index (χ2n) is 17.8. The number of unbranched alkanes of at least 4 members (excludes halogenated alkanes) is 1. The van der Waals surface area contributed by atoms with E-state index in [1.54, 1.807) is 41.5 Å². The van der Waals surface area contributed by atoms with Gasteiger partial charge < -0.3 is 69.1 Å². The van der Waals surface area contributed by atoms with E-state index >= 15 is 0 Å². The van der Waals surface area contributed by atoms with Crippen molar-refractivity contribution in [3.8, 4) is 5.75 Å². The van der Waals surface area contributed by atoms with Gasteiger partial charge in [0.1, 0.15) is 48.0 Å². The van der Waals surface area contributed by atoms with E-state index in [2.05, 4.69) is 37.2 Å². The molecule has 15 N–H and O–H groups in total. The van der Waals surface area contributed by atoms with Crippen LogP contribution in [-0.4, -0.2) is 135 Å². The Morgan fingerprint density at radius 3 is 1.53 bits per heavy atom. The molecule has 0 bridgehead atoms. The highest BCUT2D eigenvalue weighted by molar-refractivity contribution is 5.98. The fourth-order valence-electron chi connectivity index (χ4n) is 6.74. The number of hydrogen-bond donors (Lipinski definition) is 13. The van der Waals surface area contributed by atoms with Crippen LogP contribution in [0.2, 0.25) is 0 Å². The van der Waals surface area contributed by atoms with Gasteiger partial charge in [0.05, 0.1) is 12.5 Å². The minimum atomic E-state index is -1.72. The third-order valence-electron chi connectivity index (χ3n) is 10.8. The van der Waals surface area contributed by atoms with Crippen LogP contribution >= 0.6 is 0 Å². The highest BCUT2D eigenvalue weighted by atomic mass is 16.4. The van der Waals surface area contributed by atoms with Gasteiger partial charge in [-0.15, -0.1) is 0 Å². The molecule has 1 rings (SSSR count). The standard InChI is InChI=1S/C45H73N9O14/c1-8-25(6)37(54-43(65)32(20-24(4)5)53-42(64)34(22-36(58)59)51-39(61)29(47)16-17-35(56)57)44(66)48-26(7)38(60)50-33(21-27-12-14-28(55)15-13-27)41(63)52-31(19-23(2)3)40(62)49-30(45(67)68)11-9-10-18-46/h12-15,23-26,29-34,37,55H,8-11,16-22,46-47H2,1-7H3,(H,48,66)(H,49,62)(H,50,60)(H,51,61)(H,52,63)(H,53,64)(H,54,65)(H,56,57)(H,58,59)(H,67,68)/t25-,26-,29-,30-,31-,32-,33-,34-,37-/m0/s1. The quantitative estimate of drug-likeness (QED) is 0.0400. The molecule has 0 unspecified atom stereocenters. The summed E-state index contributed by atoms with van der Waals surface area (Å²) in [6, 6.07) is -5.15. The van der Waals surface area contributed by atoms with Crippen molar-refractivity contribution in [2.75, 3.05) is 6.54 Å². The summed E-state index contributed by atoms with van der Waals surface area (Å²) in [5, 5.41) is 55.6. The number of benzene rings is 1. The second kappa shape index (κ2) is 30.1. The van der Waals surface area contributed by atoms with Crippen molar-refractivity contribution in [3.05, 3.63) is 29.8 Å². The molecular formula is C45H73N9O14. The van der Waals surface area contributed by atoms with E-state index < -0.39 is 126 Å². The number of carbonyl (C=O) groups is 10. The van der Waals surface area contributed by atoms with Gasteiger partial charge >= 0.3 is 17.9 Å². The van der Waals surface area contributed by atoms with Gasteiger partial charge in [-0.3, -0.25) is 43.2 Å². The van der Waals surface area contributed by atoms with Gasteiger partial charge in [0.15, 0.2) is 0 Å². The van der Waals surface area contributed by atoms with E-state index in [0.717, 1.165) is 0 Å². The molecule has 382 valence electrons. The molecule has 0 saturated heterocycles. The van der Waals surface area contributed by atoms with Crippen LogP contribution in [0.1, 0.15) is 112 Å². The molecule has 9 atom stereocenters. The molecule has 23 heteroatoms. The van der Waals surface area contributed by atoms with Crippen LogP contribution in [-0.2, 0) is 54.4 Å². The van der Waals surface area contributed by atoms with Crippen molar-refractivity contribution in [2.45, 2.75) is 161 Å². The average molecular weight is 964 g/mol. The normalized spacial score (nSPS) is 15.2. The zero-order valence-electron chi connectivity index (χ0n) is 40.0. The number of nitrogens with one attached hydrogen (secondary N) is 7. The average Bonchev–Trinajstić information content (AvgIpc) is 3.25. The lowest BCUT2D eigenvalue weighted by Crippen LogP contribution is -2.61. The highest BCUT2D eigenvalue weighted by Gasteiger charge is 2.36. The summed E-state index contributed by atoms with van der Waals surface area (Å²) in [7, 11) is 0. The molecule has 1 aromatic rings. The molecule has 0 saturated carbocycles. The van der Waals surface area contributed by atoms with Crippen LogP contribution < -0.4 is 48.7 Å². The number of phenolic OH excluding ortho intramolecular Hbond substituents is 1. The molecule has 0 spiro atoms. The first-order chi connectivity index (χ1) is 31.8.